The number of hydrogen-bond donors (Lipinski definition) is 1. The Kier molecular flexibility index (Phi) is 5.79. The largest absolute Gasteiger partial charge is 0.314 e. The molecule has 0 amide bonds. The summed E-state index contributed by atoms with van der Waals surface area (Å²) < 4.78 is 26.4. The third kappa shape index (κ3) is 4.80. The third-order valence-electron chi connectivity index (χ3n) is 3.95. The van der Waals surface area contributed by atoms with Crippen LogP contribution >= 0.6 is 0 Å². The van der Waals surface area contributed by atoms with Crippen LogP contribution in [-0.4, -0.2) is 44.2 Å². The molecule has 0 aromatic heterocycles. The van der Waals surface area contributed by atoms with Crippen molar-refractivity contribution in [1.29, 1.82) is 0 Å². The van der Waals surface area contributed by atoms with Crippen molar-refractivity contribution in [3.8, 4) is 0 Å². The highest BCUT2D eigenvalue weighted by Gasteiger charge is 2.31. The minimum atomic E-state index is -3.11. The van der Waals surface area contributed by atoms with Crippen molar-refractivity contribution >= 4 is 10.0 Å². The first-order valence-electron chi connectivity index (χ1n) is 7.75. The molecule has 1 unspecified atom stereocenters. The maximum atomic E-state index is 12.4. The van der Waals surface area contributed by atoms with E-state index in [9.17, 15) is 8.42 Å². The molecule has 0 bridgehead atoms. The number of sulfonamides is 1. The third-order valence-corrected chi connectivity index (χ3v) is 5.87. The van der Waals surface area contributed by atoms with Crippen LogP contribution in [-0.2, 0) is 10.0 Å². The minimum absolute atomic E-state index is 0.244. The number of hydrogen-bond acceptors (Lipinski definition) is 3. The molecule has 0 saturated carbocycles. The minimum Gasteiger partial charge on any atom is -0.314 e. The molecule has 1 atom stereocenters. The fourth-order valence-corrected chi connectivity index (χ4v) is 4.31. The first-order chi connectivity index (χ1) is 9.99. The average Bonchev–Trinajstić information content (AvgIpc) is 2.95. The van der Waals surface area contributed by atoms with E-state index >= 15 is 0 Å². The quantitative estimate of drug-likeness (QED) is 0.786. The van der Waals surface area contributed by atoms with E-state index in [1.165, 1.54) is 5.56 Å². The van der Waals surface area contributed by atoms with Crippen molar-refractivity contribution in [2.24, 2.45) is 0 Å². The lowest BCUT2D eigenvalue weighted by Crippen LogP contribution is -2.33. The second-order valence-corrected chi connectivity index (χ2v) is 8.12. The van der Waals surface area contributed by atoms with Crippen molar-refractivity contribution in [2.45, 2.75) is 38.6 Å². The van der Waals surface area contributed by atoms with Gasteiger partial charge < -0.3 is 5.32 Å². The summed E-state index contributed by atoms with van der Waals surface area (Å²) in [6.45, 7) is 6.18. The van der Waals surface area contributed by atoms with E-state index in [-0.39, 0.29) is 5.75 Å². The molecule has 1 aliphatic rings. The summed E-state index contributed by atoms with van der Waals surface area (Å²) in [6.07, 6.45) is 1.60. The van der Waals surface area contributed by atoms with Gasteiger partial charge >= 0.3 is 0 Å². The van der Waals surface area contributed by atoms with Gasteiger partial charge in [0.2, 0.25) is 10.0 Å². The van der Waals surface area contributed by atoms with Crippen molar-refractivity contribution in [3.63, 3.8) is 0 Å². The van der Waals surface area contributed by atoms with Crippen LogP contribution in [0, 0.1) is 0 Å². The van der Waals surface area contributed by atoms with Gasteiger partial charge in [-0.2, -0.15) is 0 Å². The van der Waals surface area contributed by atoms with Gasteiger partial charge in [0.1, 0.15) is 0 Å². The summed E-state index contributed by atoms with van der Waals surface area (Å²) in [5.41, 5.74) is 1.25. The van der Waals surface area contributed by atoms with Crippen molar-refractivity contribution in [1.82, 2.24) is 9.62 Å². The van der Waals surface area contributed by atoms with E-state index in [2.05, 4.69) is 31.3 Å². The Balaban J connectivity index is 1.85. The summed E-state index contributed by atoms with van der Waals surface area (Å²) in [6, 6.07) is 10.6. The Bertz CT molecular complexity index is 528. The monoisotopic (exact) mass is 310 g/mol. The van der Waals surface area contributed by atoms with Gasteiger partial charge in [0.25, 0.3) is 0 Å². The van der Waals surface area contributed by atoms with E-state index in [1.807, 2.05) is 18.2 Å². The van der Waals surface area contributed by atoms with Gasteiger partial charge in [0.05, 0.1) is 5.75 Å². The summed E-state index contributed by atoms with van der Waals surface area (Å²) >= 11 is 0. The summed E-state index contributed by atoms with van der Waals surface area (Å²) in [5.74, 6) is 0.587. The molecule has 1 aromatic carbocycles. The van der Waals surface area contributed by atoms with E-state index in [0.717, 1.165) is 13.0 Å². The molecule has 1 heterocycles. The molecule has 0 radical (unpaired) electrons. The topological polar surface area (TPSA) is 49.4 Å². The number of nitrogens with zero attached hydrogens (tertiary/aromatic N) is 1. The lowest BCUT2D eigenvalue weighted by molar-refractivity contribution is 0.469. The molecule has 21 heavy (non-hydrogen) atoms. The molecule has 1 saturated heterocycles. The highest BCUT2D eigenvalue weighted by Crippen LogP contribution is 2.28. The SMILES string of the molecule is CC(C)NCCCS(=O)(=O)N1CCC(c2ccccc2)C1. The lowest BCUT2D eigenvalue weighted by Gasteiger charge is -2.17. The average molecular weight is 310 g/mol. The Hall–Kier alpha value is -0.910. The highest BCUT2D eigenvalue weighted by molar-refractivity contribution is 7.89. The lowest BCUT2D eigenvalue weighted by atomic mass is 9.99. The zero-order chi connectivity index (χ0) is 15.3. The predicted octanol–water partition coefficient (Wildman–Crippen LogP) is 2.19. The Morgan fingerprint density at radius 3 is 2.67 bits per heavy atom. The van der Waals surface area contributed by atoms with Crippen molar-refractivity contribution in [3.05, 3.63) is 35.9 Å². The molecule has 5 heteroatoms. The van der Waals surface area contributed by atoms with Crippen LogP contribution in [0.15, 0.2) is 30.3 Å². The number of benzene rings is 1. The number of nitrogens with one attached hydrogen (secondary N) is 1. The maximum absolute atomic E-state index is 12.4. The zero-order valence-corrected chi connectivity index (χ0v) is 13.8. The molecule has 1 N–H and O–H groups in total. The standard InChI is InChI=1S/C16H26N2O2S/c1-14(2)17-10-6-12-21(19,20)18-11-9-16(13-18)15-7-4-3-5-8-15/h3-5,7-8,14,16-17H,6,9-13H2,1-2H3. The molecule has 4 nitrogen and oxygen atoms in total. The fourth-order valence-electron chi connectivity index (χ4n) is 2.75. The summed E-state index contributed by atoms with van der Waals surface area (Å²) in [5, 5.41) is 3.26. The molecule has 2 rings (SSSR count). The van der Waals surface area contributed by atoms with Crippen LogP contribution in [0.25, 0.3) is 0 Å². The van der Waals surface area contributed by atoms with Gasteiger partial charge in [-0.3, -0.25) is 0 Å². The molecule has 0 spiro atoms. The maximum Gasteiger partial charge on any atom is 0.214 e. The van der Waals surface area contributed by atoms with Crippen LogP contribution in [0.3, 0.4) is 0 Å². The van der Waals surface area contributed by atoms with Gasteiger partial charge in [-0.05, 0) is 30.9 Å². The van der Waals surface area contributed by atoms with Crippen LogP contribution < -0.4 is 5.32 Å². The van der Waals surface area contributed by atoms with E-state index in [0.29, 0.717) is 31.5 Å². The fraction of sp³-hybridized carbons (Fsp3) is 0.625. The van der Waals surface area contributed by atoms with E-state index < -0.39 is 10.0 Å². The predicted molar refractivity (Wildman–Crippen MR) is 86.9 cm³/mol. The van der Waals surface area contributed by atoms with Crippen molar-refractivity contribution < 1.29 is 8.42 Å². The first-order valence-corrected chi connectivity index (χ1v) is 9.36. The summed E-state index contributed by atoms with van der Waals surface area (Å²) in [4.78, 5) is 0. The van der Waals surface area contributed by atoms with Gasteiger partial charge in [0.15, 0.2) is 0 Å². The second kappa shape index (κ2) is 7.38. The second-order valence-electron chi connectivity index (χ2n) is 6.03. The first kappa shape index (κ1) is 16.5. The van der Waals surface area contributed by atoms with E-state index in [4.69, 9.17) is 0 Å². The van der Waals surface area contributed by atoms with Gasteiger partial charge in [-0.15, -0.1) is 0 Å². The molecular formula is C16H26N2O2S. The van der Waals surface area contributed by atoms with Crippen LogP contribution in [0.4, 0.5) is 0 Å². The van der Waals surface area contributed by atoms with Crippen LogP contribution in [0.1, 0.15) is 38.2 Å². The van der Waals surface area contributed by atoms with Crippen molar-refractivity contribution in [2.75, 3.05) is 25.4 Å². The Labute approximate surface area is 128 Å². The molecule has 0 aliphatic carbocycles. The molecule has 1 aromatic rings. The van der Waals surface area contributed by atoms with Gasteiger partial charge in [0, 0.05) is 19.1 Å². The molecular weight excluding hydrogens is 284 g/mol. The molecule has 1 aliphatic heterocycles. The highest BCUT2D eigenvalue weighted by atomic mass is 32.2. The smallest absolute Gasteiger partial charge is 0.214 e. The Morgan fingerprint density at radius 2 is 2.00 bits per heavy atom. The molecule has 1 fully saturated rings. The zero-order valence-electron chi connectivity index (χ0n) is 13.0. The van der Waals surface area contributed by atoms with Crippen LogP contribution in [0.5, 0.6) is 0 Å². The normalized spacial score (nSPS) is 20.2. The Morgan fingerprint density at radius 1 is 1.29 bits per heavy atom. The van der Waals surface area contributed by atoms with Crippen LogP contribution in [0.2, 0.25) is 0 Å². The number of rotatable bonds is 7. The summed E-state index contributed by atoms with van der Waals surface area (Å²) in [7, 11) is -3.11. The molecule has 118 valence electrons. The van der Waals surface area contributed by atoms with E-state index in [1.54, 1.807) is 4.31 Å². The van der Waals surface area contributed by atoms with Gasteiger partial charge in [-0.25, -0.2) is 12.7 Å². The van der Waals surface area contributed by atoms with Gasteiger partial charge in [-0.1, -0.05) is 44.2 Å².